The molecule has 0 bridgehead atoms. The molecule has 1 aromatic carbocycles. The molecule has 1 saturated heterocycles. The summed E-state index contributed by atoms with van der Waals surface area (Å²) in [6.45, 7) is 1.50. The summed E-state index contributed by atoms with van der Waals surface area (Å²) in [4.78, 5) is 14.7. The minimum absolute atomic E-state index is 0.0244. The second-order valence-electron chi connectivity index (χ2n) is 5.94. The predicted molar refractivity (Wildman–Crippen MR) is 95.1 cm³/mol. The maximum atomic E-state index is 12.6. The fraction of sp³-hybridized carbons (Fsp3) is 0.389. The van der Waals surface area contributed by atoms with Gasteiger partial charge in [0, 0.05) is 24.8 Å². The number of rotatable bonds is 5. The molecule has 1 atom stereocenters. The summed E-state index contributed by atoms with van der Waals surface area (Å²) in [5.41, 5.74) is 0.771. The highest BCUT2D eigenvalue weighted by molar-refractivity contribution is 5.93. The van der Waals surface area contributed by atoms with Crippen molar-refractivity contribution in [2.45, 2.75) is 12.8 Å². The maximum absolute atomic E-state index is 12.6. The lowest BCUT2D eigenvalue weighted by Crippen LogP contribution is -2.41. The van der Waals surface area contributed by atoms with Gasteiger partial charge >= 0.3 is 0 Å². The molecule has 2 aromatic rings. The quantitative estimate of drug-likeness (QED) is 0.899. The normalized spacial score (nSPS) is 17.0. The number of amides is 1. The molecule has 0 saturated carbocycles. The molecule has 1 unspecified atom stereocenters. The average Bonchev–Trinajstić information content (AvgIpc) is 2.68. The third-order valence-electron chi connectivity index (χ3n) is 4.31. The van der Waals surface area contributed by atoms with Crippen LogP contribution in [0.25, 0.3) is 0 Å². The van der Waals surface area contributed by atoms with E-state index in [0.29, 0.717) is 12.4 Å². The van der Waals surface area contributed by atoms with E-state index in [-0.39, 0.29) is 11.8 Å². The fourth-order valence-corrected chi connectivity index (χ4v) is 2.91. The molecule has 25 heavy (non-hydrogen) atoms. The van der Waals surface area contributed by atoms with Crippen molar-refractivity contribution < 1.29 is 14.3 Å². The van der Waals surface area contributed by atoms with Crippen molar-refractivity contribution in [2.24, 2.45) is 5.92 Å². The number of carbonyl (C=O) groups is 1. The topological polar surface area (TPSA) is 76.6 Å². The minimum Gasteiger partial charge on any atom is -0.497 e. The predicted octanol–water partition coefficient (Wildman–Crippen LogP) is 2.35. The van der Waals surface area contributed by atoms with Crippen molar-refractivity contribution in [3.63, 3.8) is 0 Å². The van der Waals surface area contributed by atoms with Crippen molar-refractivity contribution >= 4 is 17.4 Å². The lowest BCUT2D eigenvalue weighted by molar-refractivity contribution is -0.120. The highest BCUT2D eigenvalue weighted by Crippen LogP contribution is 2.24. The van der Waals surface area contributed by atoms with E-state index >= 15 is 0 Å². The Hall–Kier alpha value is -2.83. The Bertz CT molecular complexity index is 703. The van der Waals surface area contributed by atoms with E-state index < -0.39 is 0 Å². The van der Waals surface area contributed by atoms with Gasteiger partial charge in [-0.25, -0.2) is 0 Å². The van der Waals surface area contributed by atoms with Gasteiger partial charge in [0.15, 0.2) is 5.82 Å². The molecule has 7 nitrogen and oxygen atoms in total. The largest absolute Gasteiger partial charge is 0.497 e. The van der Waals surface area contributed by atoms with Gasteiger partial charge in [-0.3, -0.25) is 4.79 Å². The number of nitrogens with one attached hydrogen (secondary N) is 1. The zero-order chi connectivity index (χ0) is 17.6. The summed E-state index contributed by atoms with van der Waals surface area (Å²) in [7, 11) is 3.18. The van der Waals surface area contributed by atoms with Gasteiger partial charge in [0.1, 0.15) is 5.75 Å². The van der Waals surface area contributed by atoms with Gasteiger partial charge in [0.25, 0.3) is 0 Å². The van der Waals surface area contributed by atoms with E-state index in [0.717, 1.165) is 36.6 Å². The molecule has 7 heteroatoms. The number of hydrogen-bond donors (Lipinski definition) is 1. The fourth-order valence-electron chi connectivity index (χ4n) is 2.91. The second-order valence-corrected chi connectivity index (χ2v) is 5.94. The van der Waals surface area contributed by atoms with E-state index in [4.69, 9.17) is 9.47 Å². The Kier molecular flexibility index (Phi) is 5.33. The molecule has 2 heterocycles. The maximum Gasteiger partial charge on any atom is 0.233 e. The highest BCUT2D eigenvalue weighted by atomic mass is 16.5. The van der Waals surface area contributed by atoms with Crippen molar-refractivity contribution in [2.75, 3.05) is 37.5 Å². The van der Waals surface area contributed by atoms with Crippen LogP contribution in [0, 0.1) is 5.92 Å². The lowest BCUT2D eigenvalue weighted by Gasteiger charge is -2.32. The number of carbonyl (C=O) groups excluding carboxylic acids is 1. The van der Waals surface area contributed by atoms with Gasteiger partial charge in [-0.1, -0.05) is 0 Å². The molecule has 0 radical (unpaired) electrons. The highest BCUT2D eigenvalue weighted by Gasteiger charge is 2.26. The summed E-state index contributed by atoms with van der Waals surface area (Å²) < 4.78 is 10.2. The number of piperidine rings is 1. The number of aromatic nitrogens is 2. The van der Waals surface area contributed by atoms with Gasteiger partial charge in [-0.2, -0.15) is 0 Å². The Morgan fingerprint density at radius 1 is 1.12 bits per heavy atom. The van der Waals surface area contributed by atoms with Crippen LogP contribution < -0.4 is 19.7 Å². The Labute approximate surface area is 147 Å². The smallest absolute Gasteiger partial charge is 0.233 e. The minimum atomic E-state index is -0.0836. The van der Waals surface area contributed by atoms with E-state index in [2.05, 4.69) is 20.4 Å². The van der Waals surface area contributed by atoms with Crippen LogP contribution in [0.4, 0.5) is 11.5 Å². The first kappa shape index (κ1) is 17.0. The Balaban J connectivity index is 1.62. The molecule has 132 valence electrons. The Morgan fingerprint density at radius 2 is 1.92 bits per heavy atom. The van der Waals surface area contributed by atoms with Crippen LogP contribution in [0.3, 0.4) is 0 Å². The van der Waals surface area contributed by atoms with Crippen LogP contribution in [0.15, 0.2) is 36.4 Å². The average molecular weight is 342 g/mol. The molecule has 1 amide bonds. The second kappa shape index (κ2) is 7.83. The molecular formula is C18H22N4O3. The number of benzene rings is 1. The van der Waals surface area contributed by atoms with Crippen LogP contribution in [-0.4, -0.2) is 43.4 Å². The first-order valence-corrected chi connectivity index (χ1v) is 8.27. The molecule has 1 fully saturated rings. The van der Waals surface area contributed by atoms with Gasteiger partial charge in [-0.15, -0.1) is 10.2 Å². The number of anilines is 2. The van der Waals surface area contributed by atoms with Gasteiger partial charge < -0.3 is 19.7 Å². The van der Waals surface area contributed by atoms with Crippen molar-refractivity contribution in [1.29, 1.82) is 0 Å². The first-order valence-electron chi connectivity index (χ1n) is 8.27. The molecule has 1 aliphatic heterocycles. The number of hydrogen-bond acceptors (Lipinski definition) is 6. The summed E-state index contributed by atoms with van der Waals surface area (Å²) in [6.07, 6.45) is 1.80. The molecular weight excluding hydrogens is 320 g/mol. The molecule has 3 rings (SSSR count). The van der Waals surface area contributed by atoms with Crippen LogP contribution in [0.5, 0.6) is 11.6 Å². The monoisotopic (exact) mass is 342 g/mol. The molecule has 0 aliphatic carbocycles. The summed E-state index contributed by atoms with van der Waals surface area (Å²) in [6, 6.07) is 11.0. The third-order valence-corrected chi connectivity index (χ3v) is 4.31. The van der Waals surface area contributed by atoms with Crippen molar-refractivity contribution in [3.05, 3.63) is 36.4 Å². The Morgan fingerprint density at radius 3 is 2.56 bits per heavy atom. The van der Waals surface area contributed by atoms with E-state index in [1.54, 1.807) is 20.3 Å². The van der Waals surface area contributed by atoms with Crippen molar-refractivity contribution in [3.8, 4) is 11.6 Å². The van der Waals surface area contributed by atoms with Crippen LogP contribution in [-0.2, 0) is 4.79 Å². The number of nitrogens with zero attached hydrogens (tertiary/aromatic N) is 3. The van der Waals surface area contributed by atoms with E-state index in [1.807, 2.05) is 30.3 Å². The van der Waals surface area contributed by atoms with Gasteiger partial charge in [-0.05, 0) is 43.2 Å². The lowest BCUT2D eigenvalue weighted by atomic mass is 9.97. The van der Waals surface area contributed by atoms with Crippen LogP contribution >= 0.6 is 0 Å². The standard InChI is InChI=1S/C18H22N4O3/c1-24-15-7-5-14(6-8-15)19-18(23)13-4-3-11-22(12-13)16-9-10-17(25-2)21-20-16/h5-10,13H,3-4,11-12H2,1-2H3,(H,19,23). The number of ether oxygens (including phenoxy) is 2. The summed E-state index contributed by atoms with van der Waals surface area (Å²) >= 11 is 0. The first-order chi connectivity index (χ1) is 12.2. The van der Waals surface area contributed by atoms with Crippen molar-refractivity contribution in [1.82, 2.24) is 10.2 Å². The molecule has 1 aliphatic rings. The summed E-state index contributed by atoms with van der Waals surface area (Å²) in [5.74, 6) is 1.95. The van der Waals surface area contributed by atoms with E-state index in [9.17, 15) is 4.79 Å². The zero-order valence-electron chi connectivity index (χ0n) is 14.4. The summed E-state index contributed by atoms with van der Waals surface area (Å²) in [5, 5.41) is 11.2. The number of methoxy groups -OCH3 is 2. The third kappa shape index (κ3) is 4.17. The van der Waals surface area contributed by atoms with E-state index in [1.165, 1.54) is 0 Å². The zero-order valence-corrected chi connectivity index (χ0v) is 14.4. The van der Waals surface area contributed by atoms with Crippen LogP contribution in [0.2, 0.25) is 0 Å². The molecule has 1 N–H and O–H groups in total. The molecule has 0 spiro atoms. The van der Waals surface area contributed by atoms with Gasteiger partial charge in [0.05, 0.1) is 20.1 Å². The van der Waals surface area contributed by atoms with Crippen LogP contribution in [0.1, 0.15) is 12.8 Å². The molecule has 1 aromatic heterocycles. The van der Waals surface area contributed by atoms with Gasteiger partial charge in [0.2, 0.25) is 11.8 Å². The SMILES string of the molecule is COc1ccc(NC(=O)C2CCCN(c3ccc(OC)nn3)C2)cc1.